The van der Waals surface area contributed by atoms with Crippen molar-refractivity contribution in [2.75, 3.05) is 11.9 Å². The molecule has 1 aromatic carbocycles. The molecule has 1 unspecified atom stereocenters. The molecule has 1 fully saturated rings. The molecule has 1 amide bonds. The van der Waals surface area contributed by atoms with Gasteiger partial charge in [0, 0.05) is 18.3 Å². The molecule has 1 aromatic rings. The fourth-order valence-corrected chi connectivity index (χ4v) is 2.98. The van der Waals surface area contributed by atoms with Crippen molar-refractivity contribution >= 4 is 11.6 Å². The van der Waals surface area contributed by atoms with Gasteiger partial charge < -0.3 is 15.5 Å². The Hall–Kier alpha value is -1.97. The van der Waals surface area contributed by atoms with Gasteiger partial charge in [0.15, 0.2) is 0 Å². The number of fused-ring (bicyclic) bond motifs is 1. The van der Waals surface area contributed by atoms with Gasteiger partial charge in [-0.25, -0.2) is 0 Å². The summed E-state index contributed by atoms with van der Waals surface area (Å²) < 4.78 is 0. The predicted molar refractivity (Wildman–Crippen MR) is 80.0 cm³/mol. The first-order valence-electron chi connectivity index (χ1n) is 7.41. The molecule has 2 aliphatic heterocycles. The Morgan fingerprint density at radius 1 is 1.35 bits per heavy atom. The monoisotopic (exact) mass is 271 g/mol. The number of amides is 1. The number of para-hydroxylation sites is 1. The summed E-state index contributed by atoms with van der Waals surface area (Å²) in [5.41, 5.74) is 2.37. The molecule has 1 saturated heterocycles. The van der Waals surface area contributed by atoms with Gasteiger partial charge in [0.2, 0.25) is 5.91 Å². The van der Waals surface area contributed by atoms with Crippen LogP contribution in [0.5, 0.6) is 0 Å². The molecule has 4 heteroatoms. The van der Waals surface area contributed by atoms with Crippen molar-refractivity contribution in [2.24, 2.45) is 0 Å². The van der Waals surface area contributed by atoms with E-state index in [1.54, 1.807) is 6.08 Å². The van der Waals surface area contributed by atoms with Gasteiger partial charge in [-0.05, 0) is 37.3 Å². The lowest BCUT2D eigenvalue weighted by molar-refractivity contribution is -0.119. The van der Waals surface area contributed by atoms with Crippen molar-refractivity contribution in [3.05, 3.63) is 41.7 Å². The minimum Gasteiger partial charge on any atom is -0.341 e. The first-order valence-corrected chi connectivity index (χ1v) is 7.41. The average molecular weight is 271 g/mol. The third kappa shape index (κ3) is 2.50. The number of hydrogen-bond donors (Lipinski definition) is 2. The molecule has 0 aromatic heterocycles. The van der Waals surface area contributed by atoms with E-state index in [4.69, 9.17) is 0 Å². The number of carbonyl (C=O) groups excluding carboxylic acids is 1. The highest BCUT2D eigenvalue weighted by Crippen LogP contribution is 2.25. The first-order chi connectivity index (χ1) is 9.78. The van der Waals surface area contributed by atoms with Crippen LogP contribution in [0.3, 0.4) is 0 Å². The Labute approximate surface area is 119 Å². The van der Waals surface area contributed by atoms with E-state index < -0.39 is 0 Å². The number of anilines is 1. The van der Waals surface area contributed by atoms with E-state index in [0.29, 0.717) is 0 Å². The van der Waals surface area contributed by atoms with Crippen molar-refractivity contribution in [2.45, 2.75) is 38.8 Å². The summed E-state index contributed by atoms with van der Waals surface area (Å²) in [6.45, 7) is 3.14. The maximum Gasteiger partial charge on any atom is 0.249 e. The number of benzene rings is 1. The van der Waals surface area contributed by atoms with E-state index >= 15 is 0 Å². The fraction of sp³-hybridized carbons (Fsp3) is 0.438. The van der Waals surface area contributed by atoms with Gasteiger partial charge >= 0.3 is 0 Å². The van der Waals surface area contributed by atoms with Gasteiger partial charge in [-0.15, -0.1) is 0 Å². The van der Waals surface area contributed by atoms with Crippen LogP contribution >= 0.6 is 0 Å². The Morgan fingerprint density at radius 2 is 2.20 bits per heavy atom. The minimum atomic E-state index is 0.00429. The molecular formula is C16H21N3O. The molecule has 2 N–H and O–H groups in total. The minimum absolute atomic E-state index is 0.00429. The molecule has 20 heavy (non-hydrogen) atoms. The number of rotatable bonds is 3. The van der Waals surface area contributed by atoms with Gasteiger partial charge in [0.1, 0.15) is 12.0 Å². The molecule has 0 radical (unpaired) electrons. The summed E-state index contributed by atoms with van der Waals surface area (Å²) in [6.07, 6.45) is 6.19. The smallest absolute Gasteiger partial charge is 0.249 e. The van der Waals surface area contributed by atoms with Crippen LogP contribution in [0.15, 0.2) is 36.2 Å². The quantitative estimate of drug-likeness (QED) is 0.887. The molecular weight excluding hydrogens is 250 g/mol. The Morgan fingerprint density at radius 3 is 3.05 bits per heavy atom. The SMILES string of the molecule is CCc1ccccc1NC1=CC(=O)NC2CCCCN12. The largest absolute Gasteiger partial charge is 0.341 e. The van der Waals surface area contributed by atoms with Gasteiger partial charge in [-0.3, -0.25) is 4.79 Å². The first kappa shape index (κ1) is 13.0. The zero-order valence-corrected chi connectivity index (χ0v) is 11.9. The summed E-state index contributed by atoms with van der Waals surface area (Å²) in [4.78, 5) is 14.1. The maximum atomic E-state index is 11.8. The van der Waals surface area contributed by atoms with Crippen LogP contribution in [0.25, 0.3) is 0 Å². The average Bonchev–Trinajstić information content (AvgIpc) is 2.47. The Balaban J connectivity index is 1.86. The number of hydrogen-bond acceptors (Lipinski definition) is 3. The number of nitrogens with one attached hydrogen (secondary N) is 2. The summed E-state index contributed by atoms with van der Waals surface area (Å²) in [5.74, 6) is 0.934. The normalized spacial score (nSPS) is 21.9. The molecule has 2 heterocycles. The predicted octanol–water partition coefficient (Wildman–Crippen LogP) is 2.44. The summed E-state index contributed by atoms with van der Waals surface area (Å²) >= 11 is 0. The highest BCUT2D eigenvalue weighted by molar-refractivity contribution is 5.90. The van der Waals surface area contributed by atoms with E-state index in [1.165, 1.54) is 18.4 Å². The van der Waals surface area contributed by atoms with E-state index in [-0.39, 0.29) is 12.1 Å². The molecule has 2 aliphatic rings. The van der Waals surface area contributed by atoms with Crippen LogP contribution in [-0.2, 0) is 11.2 Å². The second kappa shape index (κ2) is 5.57. The summed E-state index contributed by atoms with van der Waals surface area (Å²) in [7, 11) is 0. The molecule has 4 nitrogen and oxygen atoms in total. The zero-order valence-electron chi connectivity index (χ0n) is 11.9. The van der Waals surface area contributed by atoms with Gasteiger partial charge in [-0.1, -0.05) is 25.1 Å². The summed E-state index contributed by atoms with van der Waals surface area (Å²) in [6, 6.07) is 8.28. The number of carbonyl (C=O) groups is 1. The number of aryl methyl sites for hydroxylation is 1. The lowest BCUT2D eigenvalue weighted by atomic mass is 10.1. The second-order valence-corrected chi connectivity index (χ2v) is 5.38. The van der Waals surface area contributed by atoms with Crippen molar-refractivity contribution in [1.82, 2.24) is 10.2 Å². The fourth-order valence-electron chi connectivity index (χ4n) is 2.98. The molecule has 0 aliphatic carbocycles. The third-order valence-electron chi connectivity index (χ3n) is 4.05. The molecule has 0 bridgehead atoms. The second-order valence-electron chi connectivity index (χ2n) is 5.38. The van der Waals surface area contributed by atoms with Crippen molar-refractivity contribution in [3.8, 4) is 0 Å². The molecule has 106 valence electrons. The van der Waals surface area contributed by atoms with E-state index in [2.05, 4.69) is 40.7 Å². The van der Waals surface area contributed by atoms with E-state index in [1.807, 2.05) is 6.07 Å². The van der Waals surface area contributed by atoms with Crippen LogP contribution in [0.4, 0.5) is 5.69 Å². The molecule has 1 atom stereocenters. The van der Waals surface area contributed by atoms with Crippen LogP contribution in [0, 0.1) is 0 Å². The van der Waals surface area contributed by atoms with Crippen LogP contribution in [0.1, 0.15) is 31.7 Å². The number of nitrogens with zero attached hydrogens (tertiary/aromatic N) is 1. The molecule has 3 rings (SSSR count). The Bertz CT molecular complexity index is 538. The van der Waals surface area contributed by atoms with E-state index in [0.717, 1.165) is 30.9 Å². The third-order valence-corrected chi connectivity index (χ3v) is 4.05. The standard InChI is InChI=1S/C16H21N3O/c1-2-12-7-3-4-8-13(12)17-15-11-16(20)18-14-9-5-6-10-19(14)15/h3-4,7-8,11,14,17H,2,5-6,9-10H2,1H3,(H,18,20). The molecule has 0 saturated carbocycles. The van der Waals surface area contributed by atoms with Crippen LogP contribution in [-0.4, -0.2) is 23.5 Å². The zero-order chi connectivity index (χ0) is 13.9. The van der Waals surface area contributed by atoms with Crippen molar-refractivity contribution in [1.29, 1.82) is 0 Å². The highest BCUT2D eigenvalue weighted by atomic mass is 16.1. The van der Waals surface area contributed by atoms with E-state index in [9.17, 15) is 4.79 Å². The van der Waals surface area contributed by atoms with Gasteiger partial charge in [0.05, 0.1) is 0 Å². The van der Waals surface area contributed by atoms with Crippen molar-refractivity contribution in [3.63, 3.8) is 0 Å². The lowest BCUT2D eigenvalue weighted by Gasteiger charge is -2.41. The van der Waals surface area contributed by atoms with Gasteiger partial charge in [-0.2, -0.15) is 0 Å². The van der Waals surface area contributed by atoms with Crippen LogP contribution < -0.4 is 10.6 Å². The molecule has 0 spiro atoms. The lowest BCUT2D eigenvalue weighted by Crippen LogP contribution is -2.54. The maximum absolute atomic E-state index is 11.8. The van der Waals surface area contributed by atoms with Gasteiger partial charge in [0.25, 0.3) is 0 Å². The van der Waals surface area contributed by atoms with Crippen LogP contribution in [0.2, 0.25) is 0 Å². The van der Waals surface area contributed by atoms with Crippen molar-refractivity contribution < 1.29 is 4.79 Å². The topological polar surface area (TPSA) is 44.4 Å². The number of piperidine rings is 1. The highest BCUT2D eigenvalue weighted by Gasteiger charge is 2.29. The Kier molecular flexibility index (Phi) is 3.63. The summed E-state index contributed by atoms with van der Waals surface area (Å²) in [5, 5.41) is 6.49.